The van der Waals surface area contributed by atoms with Gasteiger partial charge in [-0.25, -0.2) is 0 Å². The van der Waals surface area contributed by atoms with Crippen molar-refractivity contribution in [2.24, 2.45) is 18.7 Å². The number of hydrogen-bond acceptors (Lipinski definition) is 4. The summed E-state index contributed by atoms with van der Waals surface area (Å²) in [6.07, 6.45) is 4.30. The number of nitrogens with zero attached hydrogens (tertiary/aromatic N) is 4. The Labute approximate surface area is 96.6 Å². The number of piperidine rings is 1. The predicted octanol–water partition coefficient (Wildman–Crippen LogP) is 0.374. The normalized spacial score (nSPS) is 27.2. The maximum absolute atomic E-state index is 5.83. The van der Waals surface area contributed by atoms with Crippen LogP contribution in [0.15, 0.2) is 6.20 Å². The molecule has 2 atom stereocenters. The first-order valence-electron chi connectivity index (χ1n) is 5.98. The maximum Gasteiger partial charge on any atom is 0.0967 e. The summed E-state index contributed by atoms with van der Waals surface area (Å²) in [5, 5.41) is 8.41. The molecule has 0 bridgehead atoms. The van der Waals surface area contributed by atoms with Gasteiger partial charge in [-0.2, -0.15) is 15.0 Å². The van der Waals surface area contributed by atoms with Gasteiger partial charge in [0, 0.05) is 26.2 Å². The van der Waals surface area contributed by atoms with Crippen molar-refractivity contribution in [3.05, 3.63) is 11.9 Å². The number of rotatable bonds is 3. The van der Waals surface area contributed by atoms with Gasteiger partial charge in [0.15, 0.2) is 0 Å². The molecular formula is C11H21N5. The van der Waals surface area contributed by atoms with Crippen molar-refractivity contribution < 1.29 is 0 Å². The standard InChI is InChI=1S/C11H21N5/c1-9-3-4-16(11(5-9)6-12)8-10-7-13-15(2)14-10/h7,9,11H,3-6,8,12H2,1-2H3. The number of likely N-dealkylation sites (tertiary alicyclic amines) is 1. The molecule has 2 N–H and O–H groups in total. The molecule has 2 heterocycles. The molecule has 0 saturated carbocycles. The van der Waals surface area contributed by atoms with E-state index in [1.165, 1.54) is 12.8 Å². The molecule has 2 rings (SSSR count). The minimum atomic E-state index is 0.505. The van der Waals surface area contributed by atoms with Crippen molar-refractivity contribution in [2.45, 2.75) is 32.4 Å². The number of aromatic nitrogens is 3. The molecule has 0 amide bonds. The summed E-state index contributed by atoms with van der Waals surface area (Å²) < 4.78 is 0. The second-order valence-corrected chi connectivity index (χ2v) is 4.81. The Bertz CT molecular complexity index is 335. The zero-order valence-corrected chi connectivity index (χ0v) is 10.1. The Hall–Kier alpha value is -0.940. The van der Waals surface area contributed by atoms with Crippen LogP contribution in [-0.4, -0.2) is 39.0 Å². The lowest BCUT2D eigenvalue weighted by molar-refractivity contribution is 0.113. The largest absolute Gasteiger partial charge is 0.329 e. The lowest BCUT2D eigenvalue weighted by Gasteiger charge is -2.37. The topological polar surface area (TPSA) is 60.0 Å². The molecule has 16 heavy (non-hydrogen) atoms. The third kappa shape index (κ3) is 2.59. The molecule has 5 nitrogen and oxygen atoms in total. The van der Waals surface area contributed by atoms with E-state index in [2.05, 4.69) is 22.0 Å². The number of nitrogens with two attached hydrogens (primary N) is 1. The minimum Gasteiger partial charge on any atom is -0.329 e. The number of aryl methyl sites for hydroxylation is 1. The molecule has 0 aliphatic carbocycles. The van der Waals surface area contributed by atoms with E-state index in [0.717, 1.165) is 31.2 Å². The Balaban J connectivity index is 1.97. The van der Waals surface area contributed by atoms with Gasteiger partial charge < -0.3 is 5.73 Å². The first-order valence-corrected chi connectivity index (χ1v) is 5.98. The molecule has 1 fully saturated rings. The Morgan fingerprint density at radius 1 is 1.56 bits per heavy atom. The van der Waals surface area contributed by atoms with Crippen LogP contribution in [0.1, 0.15) is 25.5 Å². The van der Waals surface area contributed by atoms with Gasteiger partial charge in [-0.3, -0.25) is 4.90 Å². The zero-order chi connectivity index (χ0) is 11.5. The van der Waals surface area contributed by atoms with E-state index < -0.39 is 0 Å². The highest BCUT2D eigenvalue weighted by atomic mass is 15.5. The van der Waals surface area contributed by atoms with Crippen molar-refractivity contribution >= 4 is 0 Å². The smallest absolute Gasteiger partial charge is 0.0967 e. The summed E-state index contributed by atoms with van der Waals surface area (Å²) >= 11 is 0. The molecular weight excluding hydrogens is 202 g/mol. The summed E-state index contributed by atoms with van der Waals surface area (Å²) in [5.41, 5.74) is 6.87. The van der Waals surface area contributed by atoms with Crippen LogP contribution in [0, 0.1) is 5.92 Å². The predicted molar refractivity (Wildman–Crippen MR) is 62.7 cm³/mol. The lowest BCUT2D eigenvalue weighted by atomic mass is 9.92. The molecule has 0 radical (unpaired) electrons. The fourth-order valence-corrected chi connectivity index (χ4v) is 2.42. The van der Waals surface area contributed by atoms with E-state index in [1.54, 1.807) is 4.80 Å². The van der Waals surface area contributed by atoms with Crippen molar-refractivity contribution in [3.63, 3.8) is 0 Å². The van der Waals surface area contributed by atoms with Gasteiger partial charge in [-0.1, -0.05) is 6.92 Å². The molecule has 1 saturated heterocycles. The minimum absolute atomic E-state index is 0.505. The van der Waals surface area contributed by atoms with Crippen LogP contribution in [0.5, 0.6) is 0 Å². The highest BCUT2D eigenvalue weighted by Gasteiger charge is 2.25. The van der Waals surface area contributed by atoms with Crippen molar-refractivity contribution in [3.8, 4) is 0 Å². The fourth-order valence-electron chi connectivity index (χ4n) is 2.42. The van der Waals surface area contributed by atoms with Crippen LogP contribution in [0.2, 0.25) is 0 Å². The van der Waals surface area contributed by atoms with Crippen LogP contribution in [0.4, 0.5) is 0 Å². The monoisotopic (exact) mass is 223 g/mol. The molecule has 1 aromatic rings. The lowest BCUT2D eigenvalue weighted by Crippen LogP contribution is -2.45. The van der Waals surface area contributed by atoms with E-state index >= 15 is 0 Å². The van der Waals surface area contributed by atoms with Gasteiger partial charge in [0.05, 0.1) is 11.9 Å². The van der Waals surface area contributed by atoms with E-state index in [9.17, 15) is 0 Å². The summed E-state index contributed by atoms with van der Waals surface area (Å²) in [4.78, 5) is 4.05. The molecule has 1 aliphatic rings. The SMILES string of the molecule is CC1CCN(Cc2cnn(C)n2)C(CN)C1. The van der Waals surface area contributed by atoms with Gasteiger partial charge in [-0.15, -0.1) is 0 Å². The molecule has 1 aliphatic heterocycles. The summed E-state index contributed by atoms with van der Waals surface area (Å²) in [6.45, 7) is 5.05. The van der Waals surface area contributed by atoms with Crippen LogP contribution >= 0.6 is 0 Å². The van der Waals surface area contributed by atoms with Crippen molar-refractivity contribution in [1.82, 2.24) is 19.9 Å². The van der Waals surface area contributed by atoms with Crippen LogP contribution in [0.3, 0.4) is 0 Å². The van der Waals surface area contributed by atoms with Gasteiger partial charge >= 0.3 is 0 Å². The molecule has 2 unspecified atom stereocenters. The maximum atomic E-state index is 5.83. The summed E-state index contributed by atoms with van der Waals surface area (Å²) in [5.74, 6) is 0.798. The molecule has 0 spiro atoms. The molecule has 0 aromatic carbocycles. The highest BCUT2D eigenvalue weighted by Crippen LogP contribution is 2.22. The summed E-state index contributed by atoms with van der Waals surface area (Å²) in [6, 6.07) is 0.505. The third-order valence-corrected chi connectivity index (χ3v) is 3.38. The average molecular weight is 223 g/mol. The zero-order valence-electron chi connectivity index (χ0n) is 10.1. The van der Waals surface area contributed by atoms with Gasteiger partial charge in [0.1, 0.15) is 0 Å². The Morgan fingerprint density at radius 3 is 3.00 bits per heavy atom. The van der Waals surface area contributed by atoms with E-state index in [4.69, 9.17) is 5.73 Å². The first-order chi connectivity index (χ1) is 7.69. The van der Waals surface area contributed by atoms with Crippen molar-refractivity contribution in [2.75, 3.05) is 13.1 Å². The third-order valence-electron chi connectivity index (χ3n) is 3.38. The van der Waals surface area contributed by atoms with Crippen LogP contribution < -0.4 is 5.73 Å². The van der Waals surface area contributed by atoms with Crippen LogP contribution in [0.25, 0.3) is 0 Å². The van der Waals surface area contributed by atoms with Gasteiger partial charge in [0.25, 0.3) is 0 Å². The Kier molecular flexibility index (Phi) is 3.56. The quantitative estimate of drug-likeness (QED) is 0.804. The average Bonchev–Trinajstić information content (AvgIpc) is 2.67. The second kappa shape index (κ2) is 4.93. The van der Waals surface area contributed by atoms with Gasteiger partial charge in [0.2, 0.25) is 0 Å². The molecule has 5 heteroatoms. The van der Waals surface area contributed by atoms with E-state index in [0.29, 0.717) is 6.04 Å². The van der Waals surface area contributed by atoms with Gasteiger partial charge in [-0.05, 0) is 25.3 Å². The summed E-state index contributed by atoms with van der Waals surface area (Å²) in [7, 11) is 1.85. The van der Waals surface area contributed by atoms with Crippen LogP contribution in [-0.2, 0) is 13.6 Å². The highest BCUT2D eigenvalue weighted by molar-refractivity contribution is 4.93. The molecule has 1 aromatic heterocycles. The van der Waals surface area contributed by atoms with E-state index in [1.807, 2.05) is 13.2 Å². The van der Waals surface area contributed by atoms with Crippen molar-refractivity contribution in [1.29, 1.82) is 0 Å². The fraction of sp³-hybridized carbons (Fsp3) is 0.818. The molecule has 90 valence electrons. The number of hydrogen-bond donors (Lipinski definition) is 1. The first kappa shape index (κ1) is 11.5. The Morgan fingerprint density at radius 2 is 2.38 bits per heavy atom. The van der Waals surface area contributed by atoms with E-state index in [-0.39, 0.29) is 0 Å². The second-order valence-electron chi connectivity index (χ2n) is 4.81.